The Labute approximate surface area is 122 Å². The molecule has 1 aromatic carbocycles. The average Bonchev–Trinajstić information content (AvgIpc) is 2.37. The van der Waals surface area contributed by atoms with Gasteiger partial charge in [0.1, 0.15) is 11.6 Å². The summed E-state index contributed by atoms with van der Waals surface area (Å²) in [6.45, 7) is 5.75. The summed E-state index contributed by atoms with van der Waals surface area (Å²) in [6.07, 6.45) is 1.21. The third-order valence-electron chi connectivity index (χ3n) is 2.57. The molecule has 0 atom stereocenters. The minimum absolute atomic E-state index is 0.235. The van der Waals surface area contributed by atoms with Crippen molar-refractivity contribution in [2.45, 2.75) is 33.6 Å². The Hall–Kier alpha value is -2.24. The van der Waals surface area contributed by atoms with Crippen LogP contribution in [-0.4, -0.2) is 27.9 Å². The lowest BCUT2D eigenvalue weighted by Gasteiger charge is -2.16. The normalized spacial score (nSPS) is 10.3. The third kappa shape index (κ3) is 8.52. The maximum absolute atomic E-state index is 12.6. The molecular formula is C15H19FO5. The number of aryl methyl sites for hydroxylation is 1. The molecule has 6 heteroatoms. The van der Waals surface area contributed by atoms with Crippen LogP contribution >= 0.6 is 0 Å². The van der Waals surface area contributed by atoms with E-state index in [1.165, 1.54) is 12.1 Å². The molecule has 0 saturated carbocycles. The number of hydrogen-bond acceptors (Lipinski definition) is 3. The Morgan fingerprint density at radius 2 is 1.43 bits per heavy atom. The summed E-state index contributed by atoms with van der Waals surface area (Å²) < 4.78 is 12.6. The molecule has 0 amide bonds. The van der Waals surface area contributed by atoms with Gasteiger partial charge in [0.05, 0.1) is 0 Å². The second-order valence-corrected chi connectivity index (χ2v) is 5.41. The van der Waals surface area contributed by atoms with Crippen molar-refractivity contribution in [2.24, 2.45) is 5.41 Å². The van der Waals surface area contributed by atoms with Crippen molar-refractivity contribution in [3.63, 3.8) is 0 Å². The Morgan fingerprint density at radius 1 is 1.00 bits per heavy atom. The Bertz CT molecular complexity index is 488. The quantitative estimate of drug-likeness (QED) is 0.837. The van der Waals surface area contributed by atoms with Crippen LogP contribution in [0.25, 0.3) is 0 Å². The largest absolute Gasteiger partial charge is 0.473 e. The molecule has 21 heavy (non-hydrogen) atoms. The van der Waals surface area contributed by atoms with Crippen LogP contribution in [0.3, 0.4) is 0 Å². The zero-order valence-corrected chi connectivity index (χ0v) is 12.2. The summed E-state index contributed by atoms with van der Waals surface area (Å²) in [4.78, 5) is 29.8. The lowest BCUT2D eigenvalue weighted by Crippen LogP contribution is -2.20. The molecule has 1 rings (SSSR count). The molecule has 2 N–H and O–H groups in total. The fourth-order valence-corrected chi connectivity index (χ4v) is 1.28. The summed E-state index contributed by atoms with van der Waals surface area (Å²) in [5.74, 6) is -3.64. The summed E-state index contributed by atoms with van der Waals surface area (Å²) >= 11 is 0. The van der Waals surface area contributed by atoms with Gasteiger partial charge >= 0.3 is 11.9 Å². The molecule has 0 aliphatic heterocycles. The monoisotopic (exact) mass is 298 g/mol. The molecule has 0 bridgehead atoms. The van der Waals surface area contributed by atoms with Crippen LogP contribution in [0, 0.1) is 11.2 Å². The minimum Gasteiger partial charge on any atom is -0.473 e. The van der Waals surface area contributed by atoms with Crippen LogP contribution in [0.1, 0.15) is 32.8 Å². The molecule has 0 aromatic heterocycles. The average molecular weight is 298 g/mol. The number of ketones is 1. The van der Waals surface area contributed by atoms with Gasteiger partial charge in [-0.3, -0.25) is 4.79 Å². The summed E-state index contributed by atoms with van der Waals surface area (Å²) in [6, 6.07) is 6.31. The van der Waals surface area contributed by atoms with E-state index >= 15 is 0 Å². The van der Waals surface area contributed by atoms with E-state index in [9.17, 15) is 9.18 Å². The molecule has 0 radical (unpaired) electrons. The van der Waals surface area contributed by atoms with Crippen molar-refractivity contribution in [2.75, 3.05) is 0 Å². The first kappa shape index (κ1) is 18.8. The molecule has 0 aliphatic carbocycles. The van der Waals surface area contributed by atoms with Crippen LogP contribution in [0.2, 0.25) is 0 Å². The second kappa shape index (κ2) is 8.14. The van der Waals surface area contributed by atoms with Crippen LogP contribution < -0.4 is 0 Å². The smallest absolute Gasteiger partial charge is 0.414 e. The van der Waals surface area contributed by atoms with E-state index in [4.69, 9.17) is 19.8 Å². The highest BCUT2D eigenvalue weighted by molar-refractivity contribution is 6.27. The van der Waals surface area contributed by atoms with Crippen molar-refractivity contribution in [3.05, 3.63) is 35.6 Å². The van der Waals surface area contributed by atoms with E-state index in [1.807, 2.05) is 20.8 Å². The maximum atomic E-state index is 12.6. The molecule has 5 nitrogen and oxygen atoms in total. The number of carbonyl (C=O) groups excluding carboxylic acids is 1. The molecule has 0 saturated heterocycles. The maximum Gasteiger partial charge on any atom is 0.414 e. The van der Waals surface area contributed by atoms with E-state index in [-0.39, 0.29) is 17.0 Å². The second-order valence-electron chi connectivity index (χ2n) is 5.41. The molecule has 0 heterocycles. The number of hydrogen-bond donors (Lipinski definition) is 2. The van der Waals surface area contributed by atoms with Crippen molar-refractivity contribution in [1.82, 2.24) is 0 Å². The Morgan fingerprint density at radius 3 is 1.76 bits per heavy atom. The number of Topliss-reactive ketones (excluding diaryl/α,β-unsaturated/α-hetero) is 1. The molecule has 0 aliphatic rings. The molecule has 0 unspecified atom stereocenters. The van der Waals surface area contributed by atoms with E-state index in [2.05, 4.69) is 0 Å². The summed E-state index contributed by atoms with van der Waals surface area (Å²) in [5.41, 5.74) is 0.731. The first-order valence-corrected chi connectivity index (χ1v) is 6.28. The van der Waals surface area contributed by atoms with Gasteiger partial charge in [-0.15, -0.1) is 0 Å². The predicted octanol–water partition coefficient (Wildman–Crippen LogP) is 2.53. The van der Waals surface area contributed by atoms with Gasteiger partial charge in [-0.05, 0) is 24.1 Å². The van der Waals surface area contributed by atoms with Gasteiger partial charge < -0.3 is 10.2 Å². The topological polar surface area (TPSA) is 91.7 Å². The van der Waals surface area contributed by atoms with E-state index in [0.29, 0.717) is 12.8 Å². The summed E-state index contributed by atoms with van der Waals surface area (Å²) in [5, 5.41) is 14.8. The lowest BCUT2D eigenvalue weighted by molar-refractivity contribution is -0.159. The number of benzene rings is 1. The van der Waals surface area contributed by atoms with Crippen LogP contribution in [0.15, 0.2) is 24.3 Å². The van der Waals surface area contributed by atoms with Crippen LogP contribution in [0.4, 0.5) is 4.39 Å². The number of carbonyl (C=O) groups is 3. The number of carboxylic acid groups (broad SMARTS) is 2. The molecular weight excluding hydrogens is 279 g/mol. The van der Waals surface area contributed by atoms with Crippen molar-refractivity contribution in [1.29, 1.82) is 0 Å². The predicted molar refractivity (Wildman–Crippen MR) is 74.5 cm³/mol. The van der Waals surface area contributed by atoms with Gasteiger partial charge in [-0.25, -0.2) is 14.0 Å². The first-order chi connectivity index (χ1) is 9.54. The molecule has 0 spiro atoms. The van der Waals surface area contributed by atoms with Crippen LogP contribution in [-0.2, 0) is 20.8 Å². The Kier molecular flexibility index (Phi) is 7.27. The van der Waals surface area contributed by atoms with Gasteiger partial charge in [-0.2, -0.15) is 0 Å². The van der Waals surface area contributed by atoms with Gasteiger partial charge in [0.25, 0.3) is 0 Å². The van der Waals surface area contributed by atoms with E-state index in [1.54, 1.807) is 12.1 Å². The fraction of sp³-hybridized carbons (Fsp3) is 0.400. The molecule has 0 fully saturated rings. The highest BCUT2D eigenvalue weighted by atomic mass is 19.1. The van der Waals surface area contributed by atoms with E-state index < -0.39 is 11.9 Å². The van der Waals surface area contributed by atoms with Crippen molar-refractivity contribution < 1.29 is 29.0 Å². The van der Waals surface area contributed by atoms with Crippen LogP contribution in [0.5, 0.6) is 0 Å². The van der Waals surface area contributed by atoms with Gasteiger partial charge in [0.2, 0.25) is 0 Å². The minimum atomic E-state index is -1.82. The van der Waals surface area contributed by atoms with E-state index in [0.717, 1.165) is 5.56 Å². The number of halogens is 1. The summed E-state index contributed by atoms with van der Waals surface area (Å²) in [7, 11) is 0. The van der Waals surface area contributed by atoms with Gasteiger partial charge in [-0.1, -0.05) is 32.9 Å². The highest BCUT2D eigenvalue weighted by Crippen LogP contribution is 2.18. The Balaban J connectivity index is 0.000000567. The zero-order valence-electron chi connectivity index (χ0n) is 12.2. The fourth-order valence-electron chi connectivity index (χ4n) is 1.28. The third-order valence-corrected chi connectivity index (χ3v) is 2.57. The van der Waals surface area contributed by atoms with Gasteiger partial charge in [0, 0.05) is 11.8 Å². The standard InChI is InChI=1S/C13H17FO.C2H2O4/c1-13(2,3)12(15)9-6-10-4-7-11(14)8-5-10;3-1(4)2(5)6/h4-5,7-8H,6,9H2,1-3H3;(H,3,4)(H,5,6). The zero-order chi connectivity index (χ0) is 16.6. The number of rotatable bonds is 3. The lowest BCUT2D eigenvalue weighted by atomic mass is 9.87. The number of aliphatic carboxylic acids is 2. The molecule has 1 aromatic rings. The SMILES string of the molecule is CC(C)(C)C(=O)CCc1ccc(F)cc1.O=C(O)C(=O)O. The van der Waals surface area contributed by atoms with Crippen molar-refractivity contribution in [3.8, 4) is 0 Å². The number of carboxylic acids is 2. The molecule has 116 valence electrons. The first-order valence-electron chi connectivity index (χ1n) is 6.28. The van der Waals surface area contributed by atoms with Gasteiger partial charge in [0.15, 0.2) is 0 Å². The highest BCUT2D eigenvalue weighted by Gasteiger charge is 2.20. The van der Waals surface area contributed by atoms with Crippen molar-refractivity contribution >= 4 is 17.7 Å².